The summed E-state index contributed by atoms with van der Waals surface area (Å²) in [5.41, 5.74) is 2.28. The van der Waals surface area contributed by atoms with Gasteiger partial charge < -0.3 is 5.11 Å². The van der Waals surface area contributed by atoms with Crippen LogP contribution in [0.15, 0.2) is 84.9 Å². The van der Waals surface area contributed by atoms with E-state index in [9.17, 15) is 19.5 Å². The van der Waals surface area contributed by atoms with E-state index in [1.165, 1.54) is 4.90 Å². The highest BCUT2D eigenvalue weighted by molar-refractivity contribution is 6.09. The van der Waals surface area contributed by atoms with Crippen molar-refractivity contribution in [1.82, 2.24) is 10.2 Å². The number of amides is 2. The molecule has 2 N–H and O–H groups in total. The molecule has 6 heteroatoms. The zero-order valence-corrected chi connectivity index (χ0v) is 23.1. The van der Waals surface area contributed by atoms with Gasteiger partial charge in [0, 0.05) is 6.04 Å². The molecule has 3 fully saturated rings. The maximum absolute atomic E-state index is 14.0. The largest absolute Gasteiger partial charge is 0.480 e. The van der Waals surface area contributed by atoms with E-state index < -0.39 is 29.4 Å². The Bertz CT molecular complexity index is 1430. The van der Waals surface area contributed by atoms with E-state index in [0.717, 1.165) is 54.4 Å². The van der Waals surface area contributed by atoms with Gasteiger partial charge in [-0.3, -0.25) is 24.6 Å². The van der Waals surface area contributed by atoms with Gasteiger partial charge in [0.15, 0.2) is 0 Å². The van der Waals surface area contributed by atoms with Crippen LogP contribution in [-0.2, 0) is 20.9 Å². The zero-order chi connectivity index (χ0) is 28.4. The Labute approximate surface area is 241 Å². The third-order valence-corrected chi connectivity index (χ3v) is 9.21. The molecule has 0 spiro atoms. The minimum Gasteiger partial charge on any atom is -0.480 e. The molecule has 0 aromatic heterocycles. The normalized spacial score (nSPS) is 26.5. The predicted octanol–water partition coefficient (Wildman–Crippen LogP) is 6.10. The maximum atomic E-state index is 14.0. The quantitative estimate of drug-likeness (QED) is 0.263. The van der Waals surface area contributed by atoms with Crippen molar-refractivity contribution >= 4 is 29.9 Å². The third-order valence-electron chi connectivity index (χ3n) is 9.21. The van der Waals surface area contributed by atoms with Crippen molar-refractivity contribution in [3.63, 3.8) is 0 Å². The second-order valence-electron chi connectivity index (χ2n) is 11.8. The molecule has 2 saturated heterocycles. The number of aliphatic carboxylic acids is 1. The molecule has 6 rings (SSSR count). The number of hydrogen-bond acceptors (Lipinski definition) is 4. The van der Waals surface area contributed by atoms with Crippen LogP contribution in [0.5, 0.6) is 0 Å². The number of carbonyl (C=O) groups excluding carboxylic acids is 2. The number of imide groups is 1. The summed E-state index contributed by atoms with van der Waals surface area (Å²) < 4.78 is 0. The molecule has 2 amide bonds. The standard InChI is InChI=1S/C35H36N2O4/c38-32-29-30(33(39)37(32)23-27-14-8-3-9-15-27)35(34(40)41,22-26-12-6-2-7-13-26)36-31(29)28-20-18-25(19-21-28)17-16-24-10-4-1-5-11-24/h1,3-5,8-11,14-21,26,29-31,36H,2,6-7,12-13,22-23H2,(H,40,41)/b17-16+. The van der Waals surface area contributed by atoms with Gasteiger partial charge in [-0.05, 0) is 34.6 Å². The number of benzene rings is 3. The third kappa shape index (κ3) is 5.24. The average molecular weight is 549 g/mol. The van der Waals surface area contributed by atoms with E-state index in [1.54, 1.807) is 0 Å². The summed E-state index contributed by atoms with van der Waals surface area (Å²) in [4.78, 5) is 42.4. The fourth-order valence-electron chi connectivity index (χ4n) is 7.16. The monoisotopic (exact) mass is 548 g/mol. The summed E-state index contributed by atoms with van der Waals surface area (Å²) in [6, 6.07) is 26.8. The lowest BCUT2D eigenvalue weighted by molar-refractivity contribution is -0.152. The Morgan fingerprint density at radius 1 is 0.829 bits per heavy atom. The molecule has 3 aliphatic rings. The maximum Gasteiger partial charge on any atom is 0.324 e. The molecule has 4 unspecified atom stereocenters. The van der Waals surface area contributed by atoms with Gasteiger partial charge in [0.1, 0.15) is 5.54 Å². The lowest BCUT2D eigenvalue weighted by atomic mass is 9.72. The first kappa shape index (κ1) is 27.2. The van der Waals surface area contributed by atoms with Crippen molar-refractivity contribution in [2.45, 2.75) is 56.7 Å². The molecule has 2 aliphatic heterocycles. The Hall–Kier alpha value is -4.03. The number of fused-ring (bicyclic) bond motifs is 1. The molecule has 4 atom stereocenters. The molecule has 1 saturated carbocycles. The second-order valence-corrected chi connectivity index (χ2v) is 11.8. The van der Waals surface area contributed by atoms with Crippen molar-refractivity contribution in [3.05, 3.63) is 107 Å². The molecular weight excluding hydrogens is 512 g/mol. The first-order valence-corrected chi connectivity index (χ1v) is 14.7. The van der Waals surface area contributed by atoms with Gasteiger partial charge in [-0.1, -0.05) is 129 Å². The Kier molecular flexibility index (Phi) is 7.59. The van der Waals surface area contributed by atoms with Gasteiger partial charge in [-0.15, -0.1) is 0 Å². The van der Waals surface area contributed by atoms with Crippen molar-refractivity contribution < 1.29 is 19.5 Å². The fourth-order valence-corrected chi connectivity index (χ4v) is 7.16. The molecule has 0 bridgehead atoms. The fraction of sp³-hybridized carbons (Fsp3) is 0.343. The number of likely N-dealkylation sites (tertiary alicyclic amines) is 1. The lowest BCUT2D eigenvalue weighted by Gasteiger charge is -2.35. The molecule has 3 aromatic carbocycles. The van der Waals surface area contributed by atoms with Crippen LogP contribution >= 0.6 is 0 Å². The Balaban J connectivity index is 1.34. The van der Waals surface area contributed by atoms with Crippen LogP contribution in [0.25, 0.3) is 12.2 Å². The van der Waals surface area contributed by atoms with Gasteiger partial charge in [0.05, 0.1) is 18.4 Å². The van der Waals surface area contributed by atoms with Gasteiger partial charge in [-0.2, -0.15) is 0 Å². The highest BCUT2D eigenvalue weighted by Gasteiger charge is 2.68. The molecule has 210 valence electrons. The zero-order valence-electron chi connectivity index (χ0n) is 23.1. The summed E-state index contributed by atoms with van der Waals surface area (Å²) in [6.07, 6.45) is 9.64. The van der Waals surface area contributed by atoms with Crippen molar-refractivity contribution in [2.24, 2.45) is 17.8 Å². The van der Waals surface area contributed by atoms with Crippen molar-refractivity contribution in [1.29, 1.82) is 0 Å². The van der Waals surface area contributed by atoms with Crippen LogP contribution in [-0.4, -0.2) is 33.3 Å². The van der Waals surface area contributed by atoms with Crippen molar-refractivity contribution in [2.75, 3.05) is 0 Å². The number of carboxylic acids is 1. The summed E-state index contributed by atoms with van der Waals surface area (Å²) >= 11 is 0. The second kappa shape index (κ2) is 11.5. The summed E-state index contributed by atoms with van der Waals surface area (Å²) in [7, 11) is 0. The molecular formula is C35H36N2O4. The number of carbonyl (C=O) groups is 3. The van der Waals surface area contributed by atoms with E-state index in [0.29, 0.717) is 6.42 Å². The van der Waals surface area contributed by atoms with Crippen LogP contribution in [0, 0.1) is 17.8 Å². The van der Waals surface area contributed by atoms with E-state index >= 15 is 0 Å². The highest BCUT2D eigenvalue weighted by Crippen LogP contribution is 2.52. The van der Waals surface area contributed by atoms with E-state index in [2.05, 4.69) is 5.32 Å². The summed E-state index contributed by atoms with van der Waals surface area (Å²) in [6.45, 7) is 0.153. The minimum atomic E-state index is -1.48. The van der Waals surface area contributed by atoms with Crippen LogP contribution in [0.2, 0.25) is 0 Å². The Morgan fingerprint density at radius 2 is 1.44 bits per heavy atom. The van der Waals surface area contributed by atoms with Crippen LogP contribution in [0.1, 0.15) is 66.8 Å². The van der Waals surface area contributed by atoms with E-state index in [1.807, 2.05) is 97.1 Å². The van der Waals surface area contributed by atoms with Gasteiger partial charge in [0.25, 0.3) is 0 Å². The molecule has 3 aromatic rings. The topological polar surface area (TPSA) is 86.7 Å². The number of hydrogen-bond donors (Lipinski definition) is 2. The van der Waals surface area contributed by atoms with Gasteiger partial charge in [0.2, 0.25) is 11.8 Å². The number of nitrogens with zero attached hydrogens (tertiary/aromatic N) is 1. The van der Waals surface area contributed by atoms with Crippen molar-refractivity contribution in [3.8, 4) is 0 Å². The van der Waals surface area contributed by atoms with Gasteiger partial charge in [-0.25, -0.2) is 0 Å². The first-order chi connectivity index (χ1) is 20.0. The molecule has 1 aliphatic carbocycles. The van der Waals surface area contributed by atoms with Crippen LogP contribution in [0.4, 0.5) is 0 Å². The first-order valence-electron chi connectivity index (χ1n) is 14.7. The van der Waals surface area contributed by atoms with Crippen LogP contribution in [0.3, 0.4) is 0 Å². The minimum absolute atomic E-state index is 0.153. The highest BCUT2D eigenvalue weighted by atomic mass is 16.4. The molecule has 0 radical (unpaired) electrons. The van der Waals surface area contributed by atoms with E-state index in [4.69, 9.17) is 0 Å². The predicted molar refractivity (Wildman–Crippen MR) is 158 cm³/mol. The molecule has 41 heavy (non-hydrogen) atoms. The summed E-state index contributed by atoms with van der Waals surface area (Å²) in [5, 5.41) is 14.2. The SMILES string of the molecule is O=C1C2C(c3ccc(/C=C/c4ccccc4)cc3)NC(CC3CCCCC3)(C(=O)O)C2C(=O)N1Cc1ccccc1. The number of carboxylic acid groups (broad SMARTS) is 1. The average Bonchev–Trinajstić information content (AvgIpc) is 3.47. The van der Waals surface area contributed by atoms with Crippen LogP contribution < -0.4 is 5.32 Å². The number of nitrogens with one attached hydrogen (secondary N) is 1. The summed E-state index contributed by atoms with van der Waals surface area (Å²) in [5.74, 6) is -3.20. The number of rotatable bonds is 8. The molecule has 2 heterocycles. The van der Waals surface area contributed by atoms with Gasteiger partial charge >= 0.3 is 5.97 Å². The van der Waals surface area contributed by atoms with E-state index in [-0.39, 0.29) is 24.3 Å². The lowest BCUT2D eigenvalue weighted by Crippen LogP contribution is -2.56. The molecule has 6 nitrogen and oxygen atoms in total. The smallest absolute Gasteiger partial charge is 0.324 e. The Morgan fingerprint density at radius 3 is 2.07 bits per heavy atom.